The summed E-state index contributed by atoms with van der Waals surface area (Å²) in [5.41, 5.74) is 1.05. The van der Waals surface area contributed by atoms with E-state index in [-0.39, 0.29) is 11.8 Å². The van der Waals surface area contributed by atoms with E-state index in [0.29, 0.717) is 31.2 Å². The summed E-state index contributed by atoms with van der Waals surface area (Å²) < 4.78 is 0. The largest absolute Gasteiger partial charge is 0.355 e. The van der Waals surface area contributed by atoms with Gasteiger partial charge in [-0.15, -0.1) is 0 Å². The Morgan fingerprint density at radius 3 is 2.30 bits per heavy atom. The zero-order valence-corrected chi connectivity index (χ0v) is 14.6. The Bertz CT molecular complexity index is 574. The Morgan fingerprint density at radius 2 is 1.74 bits per heavy atom. The normalized spacial score (nSPS) is 15.6. The van der Waals surface area contributed by atoms with Crippen LogP contribution in [0.5, 0.6) is 0 Å². The highest BCUT2D eigenvalue weighted by atomic mass is 16.2. The molecule has 0 saturated heterocycles. The van der Waals surface area contributed by atoms with Gasteiger partial charge in [-0.1, -0.05) is 45.9 Å². The van der Waals surface area contributed by atoms with Gasteiger partial charge in [-0.3, -0.25) is 9.59 Å². The Morgan fingerprint density at radius 1 is 1.09 bits per heavy atom. The summed E-state index contributed by atoms with van der Waals surface area (Å²) in [7, 11) is 0. The third kappa shape index (κ3) is 4.12. The average molecular weight is 316 g/mol. The lowest BCUT2D eigenvalue weighted by Gasteiger charge is -2.18. The molecule has 1 aromatic carbocycles. The standard InChI is InChI=1S/C19H28N2O2/c1-13(2)9-12-20-17(22)19(10-11-19)18(23)21-16-8-6-5-7-15(16)14(3)4/h5-8,13-14H,9-12H2,1-4H3,(H,20,22)(H,21,23). The molecule has 0 spiro atoms. The van der Waals surface area contributed by atoms with Crippen molar-refractivity contribution < 1.29 is 9.59 Å². The molecule has 1 aliphatic carbocycles. The van der Waals surface area contributed by atoms with Gasteiger partial charge >= 0.3 is 0 Å². The van der Waals surface area contributed by atoms with Crippen LogP contribution in [0.25, 0.3) is 0 Å². The first-order chi connectivity index (χ1) is 10.9. The molecular weight excluding hydrogens is 288 g/mol. The first kappa shape index (κ1) is 17.5. The number of hydrogen-bond donors (Lipinski definition) is 2. The molecule has 0 aliphatic heterocycles. The molecule has 2 amide bonds. The number of hydrogen-bond acceptors (Lipinski definition) is 2. The van der Waals surface area contributed by atoms with E-state index in [0.717, 1.165) is 17.7 Å². The zero-order chi connectivity index (χ0) is 17.0. The lowest BCUT2D eigenvalue weighted by Crippen LogP contribution is -2.40. The second-order valence-corrected chi connectivity index (χ2v) is 7.22. The molecule has 0 radical (unpaired) electrons. The predicted molar refractivity (Wildman–Crippen MR) is 93.3 cm³/mol. The van der Waals surface area contributed by atoms with Crippen molar-refractivity contribution in [3.05, 3.63) is 29.8 Å². The zero-order valence-electron chi connectivity index (χ0n) is 14.6. The molecule has 1 aliphatic rings. The third-order valence-electron chi connectivity index (χ3n) is 4.46. The minimum absolute atomic E-state index is 0.127. The molecule has 0 heterocycles. The summed E-state index contributed by atoms with van der Waals surface area (Å²) >= 11 is 0. The highest BCUT2D eigenvalue weighted by molar-refractivity contribution is 6.13. The maximum atomic E-state index is 12.6. The van der Waals surface area contributed by atoms with Crippen molar-refractivity contribution in [2.24, 2.45) is 11.3 Å². The van der Waals surface area contributed by atoms with Gasteiger partial charge in [0.25, 0.3) is 0 Å². The Kier molecular flexibility index (Phi) is 5.45. The van der Waals surface area contributed by atoms with Crippen molar-refractivity contribution in [2.45, 2.75) is 52.9 Å². The Labute approximate surface area is 139 Å². The fourth-order valence-corrected chi connectivity index (χ4v) is 2.68. The molecule has 4 heteroatoms. The van der Waals surface area contributed by atoms with Crippen LogP contribution >= 0.6 is 0 Å². The number of rotatable bonds is 7. The minimum Gasteiger partial charge on any atom is -0.355 e. The van der Waals surface area contributed by atoms with E-state index < -0.39 is 5.41 Å². The molecular formula is C19H28N2O2. The van der Waals surface area contributed by atoms with E-state index in [1.54, 1.807) is 0 Å². The van der Waals surface area contributed by atoms with Crippen molar-refractivity contribution in [3.63, 3.8) is 0 Å². The number of carbonyl (C=O) groups is 2. The summed E-state index contributed by atoms with van der Waals surface area (Å²) in [5, 5.41) is 5.90. The third-order valence-corrected chi connectivity index (χ3v) is 4.46. The quantitative estimate of drug-likeness (QED) is 0.754. The number of carbonyl (C=O) groups excluding carboxylic acids is 2. The molecule has 2 N–H and O–H groups in total. The molecule has 0 unspecified atom stereocenters. The average Bonchev–Trinajstić information content (AvgIpc) is 3.28. The molecule has 2 rings (SSSR count). The monoisotopic (exact) mass is 316 g/mol. The van der Waals surface area contributed by atoms with Crippen molar-refractivity contribution in [3.8, 4) is 0 Å². The van der Waals surface area contributed by atoms with Crippen LogP contribution < -0.4 is 10.6 Å². The molecule has 0 bridgehead atoms. The minimum atomic E-state index is -0.860. The van der Waals surface area contributed by atoms with Crippen LogP contribution in [0.15, 0.2) is 24.3 Å². The van der Waals surface area contributed by atoms with Crippen LogP contribution in [0.4, 0.5) is 5.69 Å². The molecule has 1 fully saturated rings. The van der Waals surface area contributed by atoms with E-state index in [9.17, 15) is 9.59 Å². The molecule has 0 atom stereocenters. The maximum Gasteiger partial charge on any atom is 0.240 e. The second-order valence-electron chi connectivity index (χ2n) is 7.22. The number of benzene rings is 1. The van der Waals surface area contributed by atoms with Crippen LogP contribution in [-0.2, 0) is 9.59 Å². The van der Waals surface area contributed by atoms with E-state index in [2.05, 4.69) is 38.3 Å². The highest BCUT2D eigenvalue weighted by Gasteiger charge is 2.56. The summed E-state index contributed by atoms with van der Waals surface area (Å²) in [4.78, 5) is 25.0. The smallest absolute Gasteiger partial charge is 0.240 e. The number of anilines is 1. The van der Waals surface area contributed by atoms with Gasteiger partial charge in [0, 0.05) is 12.2 Å². The van der Waals surface area contributed by atoms with Gasteiger partial charge in [0.2, 0.25) is 11.8 Å². The maximum absolute atomic E-state index is 12.6. The van der Waals surface area contributed by atoms with Crippen LogP contribution in [-0.4, -0.2) is 18.4 Å². The number of amides is 2. The lowest BCUT2D eigenvalue weighted by atomic mass is 9.99. The first-order valence-corrected chi connectivity index (χ1v) is 8.55. The van der Waals surface area contributed by atoms with Gasteiger partial charge < -0.3 is 10.6 Å². The van der Waals surface area contributed by atoms with Crippen LogP contribution in [0, 0.1) is 11.3 Å². The summed E-state index contributed by atoms with van der Waals surface area (Å²) in [6.45, 7) is 9.06. The van der Waals surface area contributed by atoms with Crippen LogP contribution in [0.1, 0.15) is 58.4 Å². The fraction of sp³-hybridized carbons (Fsp3) is 0.579. The van der Waals surface area contributed by atoms with Gasteiger partial charge in [-0.2, -0.15) is 0 Å². The van der Waals surface area contributed by atoms with Gasteiger partial charge in [-0.25, -0.2) is 0 Å². The van der Waals surface area contributed by atoms with Crippen molar-refractivity contribution in [1.29, 1.82) is 0 Å². The van der Waals surface area contributed by atoms with Gasteiger partial charge in [-0.05, 0) is 42.7 Å². The molecule has 1 aromatic rings. The van der Waals surface area contributed by atoms with E-state index in [4.69, 9.17) is 0 Å². The molecule has 1 saturated carbocycles. The van der Waals surface area contributed by atoms with Crippen LogP contribution in [0.2, 0.25) is 0 Å². The Hall–Kier alpha value is -1.84. The number of para-hydroxylation sites is 1. The Balaban J connectivity index is 2.01. The van der Waals surface area contributed by atoms with E-state index >= 15 is 0 Å². The molecule has 126 valence electrons. The highest BCUT2D eigenvalue weighted by Crippen LogP contribution is 2.47. The SMILES string of the molecule is CC(C)CCNC(=O)C1(C(=O)Nc2ccccc2C(C)C)CC1. The van der Waals surface area contributed by atoms with Gasteiger partial charge in [0.1, 0.15) is 5.41 Å². The van der Waals surface area contributed by atoms with Crippen molar-refractivity contribution in [1.82, 2.24) is 5.32 Å². The number of nitrogens with one attached hydrogen (secondary N) is 2. The van der Waals surface area contributed by atoms with E-state index in [1.165, 1.54) is 0 Å². The summed E-state index contributed by atoms with van der Waals surface area (Å²) in [6, 6.07) is 7.79. The topological polar surface area (TPSA) is 58.2 Å². The summed E-state index contributed by atoms with van der Waals surface area (Å²) in [5.74, 6) is 0.559. The van der Waals surface area contributed by atoms with Crippen LogP contribution in [0.3, 0.4) is 0 Å². The molecule has 0 aromatic heterocycles. The van der Waals surface area contributed by atoms with Gasteiger partial charge in [0.15, 0.2) is 0 Å². The fourth-order valence-electron chi connectivity index (χ4n) is 2.68. The predicted octanol–water partition coefficient (Wildman–Crippen LogP) is 3.69. The lowest BCUT2D eigenvalue weighted by molar-refractivity contribution is -0.134. The first-order valence-electron chi connectivity index (χ1n) is 8.55. The molecule has 23 heavy (non-hydrogen) atoms. The summed E-state index contributed by atoms with van der Waals surface area (Å²) in [6.07, 6.45) is 2.20. The van der Waals surface area contributed by atoms with Crippen molar-refractivity contribution in [2.75, 3.05) is 11.9 Å². The van der Waals surface area contributed by atoms with E-state index in [1.807, 2.05) is 24.3 Å². The second kappa shape index (κ2) is 7.16. The molecule has 4 nitrogen and oxygen atoms in total. The van der Waals surface area contributed by atoms with Gasteiger partial charge in [0.05, 0.1) is 0 Å². The van der Waals surface area contributed by atoms with Crippen molar-refractivity contribution >= 4 is 17.5 Å².